The summed E-state index contributed by atoms with van der Waals surface area (Å²) in [6.07, 6.45) is 0. The second kappa shape index (κ2) is 3.68. The van der Waals surface area contributed by atoms with Gasteiger partial charge in [-0.25, -0.2) is 0 Å². The molecule has 0 aromatic rings. The molecule has 0 aliphatic carbocycles. The van der Waals surface area contributed by atoms with Crippen molar-refractivity contribution >= 4 is 38.9 Å². The van der Waals surface area contributed by atoms with Crippen molar-refractivity contribution in [3.63, 3.8) is 0 Å². The van der Waals surface area contributed by atoms with Crippen LogP contribution in [-0.4, -0.2) is 16.7 Å². The van der Waals surface area contributed by atoms with Crippen molar-refractivity contribution in [1.29, 1.82) is 0 Å². The normalized spacial score (nSPS) is 17.4. The first-order chi connectivity index (χ1) is 3.62. The molecular weight excluding hydrogens is 179 g/mol. The predicted octanol–water partition coefficient (Wildman–Crippen LogP) is 1.81. The molecule has 1 unspecified atom stereocenters. The lowest BCUT2D eigenvalue weighted by Gasteiger charge is -2.10. The second-order valence-electron chi connectivity index (χ2n) is 1.37. The molecule has 0 heterocycles. The standard InChI is InChI=1S/C3H6Cl2OSi2/c1-3-8(2,5)6-7-4/h3H,1H2,2H3. The van der Waals surface area contributed by atoms with Crippen LogP contribution in [0.5, 0.6) is 0 Å². The third kappa shape index (κ3) is 3.68. The first kappa shape index (κ1) is 8.71. The maximum absolute atomic E-state index is 5.74. The van der Waals surface area contributed by atoms with Crippen LogP contribution >= 0.6 is 22.2 Å². The van der Waals surface area contributed by atoms with E-state index in [1.165, 1.54) is 0 Å². The summed E-state index contributed by atoms with van der Waals surface area (Å²) in [6, 6.07) is 0. The highest BCUT2D eigenvalue weighted by molar-refractivity contribution is 7.21. The predicted molar refractivity (Wildman–Crippen MR) is 40.4 cm³/mol. The van der Waals surface area contributed by atoms with Gasteiger partial charge in [0.1, 0.15) is 0 Å². The monoisotopic (exact) mass is 184 g/mol. The van der Waals surface area contributed by atoms with Gasteiger partial charge in [-0.3, -0.25) is 0 Å². The molecule has 0 aliphatic rings. The van der Waals surface area contributed by atoms with Crippen molar-refractivity contribution in [2.24, 2.45) is 0 Å². The fraction of sp³-hybridized carbons (Fsp3) is 0.333. The van der Waals surface area contributed by atoms with Gasteiger partial charge in [-0.2, -0.15) is 0 Å². The van der Waals surface area contributed by atoms with Crippen molar-refractivity contribution in [2.75, 3.05) is 0 Å². The fourth-order valence-electron chi connectivity index (χ4n) is 0.117. The zero-order valence-corrected chi connectivity index (χ0v) is 7.96. The molecule has 0 spiro atoms. The number of halogens is 2. The van der Waals surface area contributed by atoms with Gasteiger partial charge < -0.3 is 4.12 Å². The first-order valence-corrected chi connectivity index (χ1v) is 7.40. The minimum Gasteiger partial charge on any atom is -0.430 e. The molecule has 0 bridgehead atoms. The average Bonchev–Trinajstić information content (AvgIpc) is 1.67. The third-order valence-electron chi connectivity index (χ3n) is 0.603. The molecule has 1 nitrogen and oxygen atoms in total. The molecule has 0 N–H and O–H groups in total. The number of rotatable bonds is 3. The Morgan fingerprint density at radius 2 is 2.38 bits per heavy atom. The van der Waals surface area contributed by atoms with E-state index in [0.717, 1.165) is 0 Å². The smallest absolute Gasteiger partial charge is 0.346 e. The summed E-state index contributed by atoms with van der Waals surface area (Å²) < 4.78 is 4.96. The van der Waals surface area contributed by atoms with E-state index in [9.17, 15) is 0 Å². The van der Waals surface area contributed by atoms with Gasteiger partial charge in [0.15, 0.2) is 0 Å². The van der Waals surface area contributed by atoms with Crippen LogP contribution in [0.25, 0.3) is 0 Å². The molecule has 0 aromatic heterocycles. The lowest BCUT2D eigenvalue weighted by atomic mass is 11.3. The van der Waals surface area contributed by atoms with E-state index in [1.54, 1.807) is 5.70 Å². The van der Waals surface area contributed by atoms with E-state index in [4.69, 9.17) is 26.3 Å². The van der Waals surface area contributed by atoms with Gasteiger partial charge in [-0.05, 0) is 6.55 Å². The maximum atomic E-state index is 5.74. The van der Waals surface area contributed by atoms with Gasteiger partial charge in [0.2, 0.25) is 0 Å². The molecule has 5 heteroatoms. The Hall–Kier alpha value is 0.714. The summed E-state index contributed by atoms with van der Waals surface area (Å²) in [5.74, 6) is 0. The molecule has 2 radical (unpaired) electrons. The van der Waals surface area contributed by atoms with Crippen LogP contribution in [-0.2, 0) is 4.12 Å². The van der Waals surface area contributed by atoms with Gasteiger partial charge in [-0.15, -0.1) is 28.7 Å². The van der Waals surface area contributed by atoms with Gasteiger partial charge in [-0.1, -0.05) is 5.70 Å². The van der Waals surface area contributed by atoms with Crippen molar-refractivity contribution in [1.82, 2.24) is 0 Å². The summed E-state index contributed by atoms with van der Waals surface area (Å²) >= 11 is 11.0. The zero-order valence-electron chi connectivity index (χ0n) is 4.45. The highest BCUT2D eigenvalue weighted by atomic mass is 35.6. The molecule has 0 aromatic carbocycles. The van der Waals surface area contributed by atoms with Crippen LogP contribution in [0.3, 0.4) is 0 Å². The molecule has 0 saturated carbocycles. The van der Waals surface area contributed by atoms with Crippen LogP contribution in [0.2, 0.25) is 6.55 Å². The van der Waals surface area contributed by atoms with E-state index in [2.05, 4.69) is 6.58 Å². The molecular formula is C3H6Cl2OSi2. The van der Waals surface area contributed by atoms with E-state index < -0.39 is 7.63 Å². The highest BCUT2D eigenvalue weighted by Crippen LogP contribution is 2.09. The lowest BCUT2D eigenvalue weighted by Crippen LogP contribution is -2.24. The Labute approximate surface area is 62.1 Å². The summed E-state index contributed by atoms with van der Waals surface area (Å²) in [5, 5.41) is 0. The summed E-state index contributed by atoms with van der Waals surface area (Å²) in [7, 11) is -2.11. The SMILES string of the molecule is C=C[Si](C)(Cl)O[Si]Cl. The summed E-state index contributed by atoms with van der Waals surface area (Å²) in [5.41, 5.74) is 1.63. The Bertz CT molecular complexity index is 85.4. The Morgan fingerprint density at radius 3 is 2.50 bits per heavy atom. The minimum absolute atomic E-state index is 0.0533. The average molecular weight is 185 g/mol. The molecule has 0 rings (SSSR count). The van der Waals surface area contributed by atoms with Crippen LogP contribution < -0.4 is 0 Å². The molecule has 0 amide bonds. The van der Waals surface area contributed by atoms with Gasteiger partial charge in [0.05, 0.1) is 0 Å². The summed E-state index contributed by atoms with van der Waals surface area (Å²) in [6.45, 7) is 5.32. The van der Waals surface area contributed by atoms with E-state index in [-0.39, 0.29) is 9.07 Å². The van der Waals surface area contributed by atoms with E-state index in [1.807, 2.05) is 6.55 Å². The number of hydrogen-bond acceptors (Lipinski definition) is 1. The van der Waals surface area contributed by atoms with Crippen molar-refractivity contribution in [2.45, 2.75) is 6.55 Å². The first-order valence-electron chi connectivity index (χ1n) is 1.98. The van der Waals surface area contributed by atoms with E-state index in [0.29, 0.717) is 0 Å². The van der Waals surface area contributed by atoms with Crippen molar-refractivity contribution in [3.05, 3.63) is 12.3 Å². The molecule has 46 valence electrons. The second-order valence-corrected chi connectivity index (χ2v) is 7.43. The zero-order chi connectivity index (χ0) is 6.62. The molecule has 0 saturated heterocycles. The third-order valence-corrected chi connectivity index (χ3v) is 5.09. The topological polar surface area (TPSA) is 9.23 Å². The maximum Gasteiger partial charge on any atom is 0.346 e. The highest BCUT2D eigenvalue weighted by Gasteiger charge is 2.20. The largest absolute Gasteiger partial charge is 0.430 e. The van der Waals surface area contributed by atoms with Crippen molar-refractivity contribution in [3.8, 4) is 0 Å². The quantitative estimate of drug-likeness (QED) is 0.481. The van der Waals surface area contributed by atoms with Gasteiger partial charge in [0.25, 0.3) is 0 Å². The molecule has 0 aliphatic heterocycles. The van der Waals surface area contributed by atoms with Gasteiger partial charge >= 0.3 is 16.7 Å². The van der Waals surface area contributed by atoms with Gasteiger partial charge in [0, 0.05) is 0 Å². The van der Waals surface area contributed by atoms with Crippen LogP contribution in [0.1, 0.15) is 0 Å². The van der Waals surface area contributed by atoms with Crippen molar-refractivity contribution < 1.29 is 4.12 Å². The van der Waals surface area contributed by atoms with Crippen LogP contribution in [0.4, 0.5) is 0 Å². The molecule has 1 atom stereocenters. The minimum atomic E-state index is -2.06. The van der Waals surface area contributed by atoms with Crippen LogP contribution in [0, 0.1) is 0 Å². The Morgan fingerprint density at radius 1 is 1.88 bits per heavy atom. The van der Waals surface area contributed by atoms with Crippen LogP contribution in [0.15, 0.2) is 12.3 Å². The Kier molecular flexibility index (Phi) is 4.01. The fourth-order valence-corrected chi connectivity index (χ4v) is 3.20. The molecule has 0 fully saturated rings. The number of hydrogen-bond donors (Lipinski definition) is 0. The summed E-state index contributed by atoms with van der Waals surface area (Å²) in [4.78, 5) is 0. The Balaban J connectivity index is 3.53. The van der Waals surface area contributed by atoms with E-state index >= 15 is 0 Å². The molecule has 8 heavy (non-hydrogen) atoms. The lowest BCUT2D eigenvalue weighted by molar-refractivity contribution is 0.637.